The summed E-state index contributed by atoms with van der Waals surface area (Å²) in [5.41, 5.74) is 2.31. The fraction of sp³-hybridized carbons (Fsp3) is 0.190. The number of nitrogens with one attached hydrogen (secondary N) is 1. The zero-order valence-electron chi connectivity index (χ0n) is 14.3. The number of rotatable bonds is 7. The molecule has 25 heavy (non-hydrogen) atoms. The molecule has 4 heteroatoms. The van der Waals surface area contributed by atoms with Crippen LogP contribution in [0.1, 0.15) is 22.0 Å². The molecule has 0 aliphatic carbocycles. The lowest BCUT2D eigenvalue weighted by atomic mass is 9.99. The first-order chi connectivity index (χ1) is 12.2. The average molecular weight is 350 g/mol. The Balaban J connectivity index is 1.67. The van der Waals surface area contributed by atoms with Crippen LogP contribution in [0.4, 0.5) is 0 Å². The van der Waals surface area contributed by atoms with Gasteiger partial charge in [-0.15, -0.1) is 11.3 Å². The number of benzene rings is 2. The monoisotopic (exact) mass is 350 g/mol. The summed E-state index contributed by atoms with van der Waals surface area (Å²) >= 11 is 1.67. The van der Waals surface area contributed by atoms with E-state index in [2.05, 4.69) is 35.6 Å². The molecule has 3 aromatic rings. The van der Waals surface area contributed by atoms with Crippen molar-refractivity contribution in [3.8, 4) is 0 Å². The van der Waals surface area contributed by atoms with Gasteiger partial charge in [0.25, 0.3) is 0 Å². The molecule has 1 amide bonds. The lowest BCUT2D eigenvalue weighted by molar-refractivity contribution is -0.129. The van der Waals surface area contributed by atoms with Crippen LogP contribution in [0.2, 0.25) is 0 Å². The molecule has 0 saturated carbocycles. The Kier molecular flexibility index (Phi) is 5.99. The van der Waals surface area contributed by atoms with Crippen LogP contribution in [0.25, 0.3) is 0 Å². The minimum absolute atomic E-state index is 0.00138. The van der Waals surface area contributed by atoms with Crippen LogP contribution in [0, 0.1) is 0 Å². The van der Waals surface area contributed by atoms with Gasteiger partial charge >= 0.3 is 0 Å². The fourth-order valence-electron chi connectivity index (χ4n) is 2.77. The van der Waals surface area contributed by atoms with E-state index < -0.39 is 0 Å². The van der Waals surface area contributed by atoms with Crippen molar-refractivity contribution < 1.29 is 4.79 Å². The Morgan fingerprint density at radius 2 is 1.56 bits per heavy atom. The van der Waals surface area contributed by atoms with Gasteiger partial charge in [-0.3, -0.25) is 10.1 Å². The molecule has 0 radical (unpaired) electrons. The van der Waals surface area contributed by atoms with Crippen LogP contribution in [0.3, 0.4) is 0 Å². The number of amides is 1. The summed E-state index contributed by atoms with van der Waals surface area (Å²) in [5.74, 6) is 0.0882. The zero-order chi connectivity index (χ0) is 17.5. The quantitative estimate of drug-likeness (QED) is 0.696. The van der Waals surface area contributed by atoms with Crippen molar-refractivity contribution >= 4 is 17.2 Å². The van der Waals surface area contributed by atoms with Gasteiger partial charge in [0.15, 0.2) is 0 Å². The number of carbonyl (C=O) groups excluding carboxylic acids is 1. The third-order valence-corrected chi connectivity index (χ3v) is 4.98. The van der Waals surface area contributed by atoms with Gasteiger partial charge in [0.1, 0.15) is 0 Å². The predicted molar refractivity (Wildman–Crippen MR) is 104 cm³/mol. The smallest absolute Gasteiger partial charge is 0.236 e. The molecular formula is C21H22N2OS. The van der Waals surface area contributed by atoms with Crippen molar-refractivity contribution in [2.45, 2.75) is 12.6 Å². The summed E-state index contributed by atoms with van der Waals surface area (Å²) < 4.78 is 0. The number of likely N-dealkylation sites (N-methyl/N-ethyl adjacent to an activating group) is 1. The Labute approximate surface area is 152 Å². The Hall–Kier alpha value is -2.43. The van der Waals surface area contributed by atoms with E-state index in [9.17, 15) is 4.79 Å². The summed E-state index contributed by atoms with van der Waals surface area (Å²) in [5, 5.41) is 5.46. The van der Waals surface area contributed by atoms with Gasteiger partial charge in [0.05, 0.1) is 19.1 Å². The number of thiophene rings is 1. The van der Waals surface area contributed by atoms with Crippen molar-refractivity contribution in [2.24, 2.45) is 0 Å². The minimum atomic E-state index is 0.00138. The van der Waals surface area contributed by atoms with Crippen LogP contribution in [-0.2, 0) is 11.3 Å². The molecule has 3 nitrogen and oxygen atoms in total. The molecule has 0 bridgehead atoms. The summed E-state index contributed by atoms with van der Waals surface area (Å²) in [6, 6.07) is 24.5. The van der Waals surface area contributed by atoms with Crippen molar-refractivity contribution in [2.75, 3.05) is 13.6 Å². The SMILES string of the molecule is CN(Cc1cccs1)C(=O)CNC(c1ccccc1)c1ccccc1. The highest BCUT2D eigenvalue weighted by molar-refractivity contribution is 7.09. The molecule has 0 atom stereocenters. The van der Waals surface area contributed by atoms with E-state index in [1.54, 1.807) is 16.2 Å². The first-order valence-corrected chi connectivity index (χ1v) is 9.21. The van der Waals surface area contributed by atoms with Crippen LogP contribution in [0.5, 0.6) is 0 Å². The molecule has 0 spiro atoms. The first-order valence-electron chi connectivity index (χ1n) is 8.33. The van der Waals surface area contributed by atoms with Gasteiger partial charge in [0.2, 0.25) is 5.91 Å². The summed E-state index contributed by atoms with van der Waals surface area (Å²) in [6.45, 7) is 0.954. The van der Waals surface area contributed by atoms with E-state index in [0.29, 0.717) is 13.1 Å². The fourth-order valence-corrected chi connectivity index (χ4v) is 3.53. The zero-order valence-corrected chi connectivity index (χ0v) is 15.1. The third kappa shape index (κ3) is 4.78. The van der Waals surface area contributed by atoms with Crippen LogP contribution >= 0.6 is 11.3 Å². The van der Waals surface area contributed by atoms with Gasteiger partial charge in [-0.05, 0) is 22.6 Å². The van der Waals surface area contributed by atoms with E-state index in [4.69, 9.17) is 0 Å². The summed E-state index contributed by atoms with van der Waals surface area (Å²) in [7, 11) is 1.85. The van der Waals surface area contributed by atoms with Gasteiger partial charge < -0.3 is 4.90 Å². The standard InChI is InChI=1S/C21H22N2OS/c1-23(16-19-13-8-14-25-19)20(24)15-22-21(17-9-4-2-5-10-17)18-11-6-3-7-12-18/h2-14,21-22H,15-16H2,1H3. The molecule has 0 unspecified atom stereocenters. The lowest BCUT2D eigenvalue weighted by Gasteiger charge is -2.22. The second-order valence-corrected chi connectivity index (χ2v) is 7.00. The van der Waals surface area contributed by atoms with E-state index in [1.165, 1.54) is 4.88 Å². The van der Waals surface area contributed by atoms with Crippen molar-refractivity contribution in [1.29, 1.82) is 0 Å². The predicted octanol–water partition coefficient (Wildman–Crippen LogP) is 4.09. The second kappa shape index (κ2) is 8.60. The molecular weight excluding hydrogens is 328 g/mol. The molecule has 1 N–H and O–H groups in total. The van der Waals surface area contributed by atoms with Gasteiger partial charge in [-0.1, -0.05) is 66.7 Å². The number of nitrogens with zero attached hydrogens (tertiary/aromatic N) is 1. The Morgan fingerprint density at radius 3 is 2.08 bits per heavy atom. The molecule has 0 saturated heterocycles. The third-order valence-electron chi connectivity index (χ3n) is 4.12. The van der Waals surface area contributed by atoms with Crippen molar-refractivity contribution in [3.05, 3.63) is 94.2 Å². The van der Waals surface area contributed by atoms with Gasteiger partial charge in [-0.25, -0.2) is 0 Å². The van der Waals surface area contributed by atoms with Gasteiger partial charge in [0, 0.05) is 11.9 Å². The topological polar surface area (TPSA) is 32.3 Å². The van der Waals surface area contributed by atoms with E-state index in [-0.39, 0.29) is 11.9 Å². The number of carbonyl (C=O) groups is 1. The maximum absolute atomic E-state index is 12.5. The summed E-state index contributed by atoms with van der Waals surface area (Å²) in [4.78, 5) is 15.5. The Bertz CT molecular complexity index is 733. The normalized spacial score (nSPS) is 10.8. The molecule has 128 valence electrons. The van der Waals surface area contributed by atoms with Crippen molar-refractivity contribution in [3.63, 3.8) is 0 Å². The highest BCUT2D eigenvalue weighted by Gasteiger charge is 2.16. The minimum Gasteiger partial charge on any atom is -0.340 e. The average Bonchev–Trinajstić information content (AvgIpc) is 3.16. The molecule has 0 fully saturated rings. The second-order valence-electron chi connectivity index (χ2n) is 5.96. The number of hydrogen-bond acceptors (Lipinski definition) is 3. The highest BCUT2D eigenvalue weighted by atomic mass is 32.1. The first kappa shape index (κ1) is 17.4. The lowest BCUT2D eigenvalue weighted by Crippen LogP contribution is -2.37. The van der Waals surface area contributed by atoms with Gasteiger partial charge in [-0.2, -0.15) is 0 Å². The maximum Gasteiger partial charge on any atom is 0.236 e. The highest BCUT2D eigenvalue weighted by Crippen LogP contribution is 2.21. The van der Waals surface area contributed by atoms with Crippen LogP contribution in [-0.4, -0.2) is 24.4 Å². The van der Waals surface area contributed by atoms with Crippen LogP contribution < -0.4 is 5.32 Å². The molecule has 1 aromatic heterocycles. The summed E-state index contributed by atoms with van der Waals surface area (Å²) in [6.07, 6.45) is 0. The molecule has 1 heterocycles. The van der Waals surface area contributed by atoms with Crippen LogP contribution in [0.15, 0.2) is 78.2 Å². The van der Waals surface area contributed by atoms with E-state index in [0.717, 1.165) is 11.1 Å². The molecule has 2 aromatic carbocycles. The maximum atomic E-state index is 12.5. The molecule has 0 aliphatic heterocycles. The van der Waals surface area contributed by atoms with E-state index >= 15 is 0 Å². The largest absolute Gasteiger partial charge is 0.340 e. The van der Waals surface area contributed by atoms with E-state index in [1.807, 2.05) is 54.9 Å². The Morgan fingerprint density at radius 1 is 0.960 bits per heavy atom. The molecule has 0 aliphatic rings. The number of hydrogen-bond donors (Lipinski definition) is 1. The molecule has 3 rings (SSSR count). The van der Waals surface area contributed by atoms with Crippen molar-refractivity contribution in [1.82, 2.24) is 10.2 Å².